The smallest absolute Gasteiger partial charge is 0.0687 e. The van der Waals surface area contributed by atoms with Gasteiger partial charge in [-0.25, -0.2) is 0 Å². The SMILES string of the molecule is CNCC(C)CC1CCC2(CCCC2)O1. The van der Waals surface area contributed by atoms with Crippen molar-refractivity contribution in [2.75, 3.05) is 13.6 Å². The molecule has 0 radical (unpaired) electrons. The summed E-state index contributed by atoms with van der Waals surface area (Å²) < 4.78 is 6.30. The zero-order valence-electron chi connectivity index (χ0n) is 10.2. The minimum absolute atomic E-state index is 0.323. The van der Waals surface area contributed by atoms with E-state index in [0.29, 0.717) is 11.7 Å². The molecule has 2 heteroatoms. The predicted molar refractivity (Wildman–Crippen MR) is 63.0 cm³/mol. The first kappa shape index (κ1) is 11.4. The Bertz CT molecular complexity index is 199. The van der Waals surface area contributed by atoms with E-state index < -0.39 is 0 Å². The Morgan fingerprint density at radius 1 is 1.33 bits per heavy atom. The molecule has 15 heavy (non-hydrogen) atoms. The number of rotatable bonds is 4. The Balaban J connectivity index is 1.77. The van der Waals surface area contributed by atoms with Gasteiger partial charge in [0.15, 0.2) is 0 Å². The third-order valence-electron chi connectivity index (χ3n) is 4.07. The van der Waals surface area contributed by atoms with E-state index >= 15 is 0 Å². The summed E-state index contributed by atoms with van der Waals surface area (Å²) in [5.74, 6) is 0.747. The first-order valence-electron chi connectivity index (χ1n) is 6.56. The molecule has 2 unspecified atom stereocenters. The van der Waals surface area contributed by atoms with Crippen LogP contribution < -0.4 is 5.32 Å². The Kier molecular flexibility index (Phi) is 3.68. The van der Waals surface area contributed by atoms with E-state index in [-0.39, 0.29) is 0 Å². The average Bonchev–Trinajstić information content (AvgIpc) is 2.79. The number of hydrogen-bond donors (Lipinski definition) is 1. The molecule has 88 valence electrons. The molecule has 1 saturated carbocycles. The lowest BCUT2D eigenvalue weighted by Gasteiger charge is -2.25. The average molecular weight is 211 g/mol. The highest BCUT2D eigenvalue weighted by Crippen LogP contribution is 2.44. The van der Waals surface area contributed by atoms with Crippen LogP contribution in [0.5, 0.6) is 0 Å². The van der Waals surface area contributed by atoms with Crippen molar-refractivity contribution in [2.24, 2.45) is 5.92 Å². The minimum Gasteiger partial charge on any atom is -0.372 e. The molecule has 2 nitrogen and oxygen atoms in total. The topological polar surface area (TPSA) is 21.3 Å². The van der Waals surface area contributed by atoms with Gasteiger partial charge in [0.05, 0.1) is 11.7 Å². The molecular weight excluding hydrogens is 186 g/mol. The normalized spacial score (nSPS) is 31.2. The zero-order valence-corrected chi connectivity index (χ0v) is 10.2. The van der Waals surface area contributed by atoms with Crippen molar-refractivity contribution < 1.29 is 4.74 Å². The van der Waals surface area contributed by atoms with Crippen LogP contribution >= 0.6 is 0 Å². The van der Waals surface area contributed by atoms with E-state index in [1.165, 1.54) is 44.9 Å². The van der Waals surface area contributed by atoms with Crippen LogP contribution in [0.2, 0.25) is 0 Å². The summed E-state index contributed by atoms with van der Waals surface area (Å²) in [6, 6.07) is 0. The maximum atomic E-state index is 6.30. The van der Waals surface area contributed by atoms with E-state index in [4.69, 9.17) is 4.74 Å². The molecule has 2 atom stereocenters. The second-order valence-electron chi connectivity index (χ2n) is 5.57. The van der Waals surface area contributed by atoms with E-state index in [9.17, 15) is 0 Å². The molecule has 2 aliphatic rings. The lowest BCUT2D eigenvalue weighted by molar-refractivity contribution is -0.0432. The van der Waals surface area contributed by atoms with Gasteiger partial charge in [-0.05, 0) is 51.6 Å². The Hall–Kier alpha value is -0.0800. The first-order valence-corrected chi connectivity index (χ1v) is 6.56. The van der Waals surface area contributed by atoms with Crippen molar-refractivity contribution in [1.29, 1.82) is 0 Å². The summed E-state index contributed by atoms with van der Waals surface area (Å²) in [5, 5.41) is 3.25. The summed E-state index contributed by atoms with van der Waals surface area (Å²) in [6.45, 7) is 3.44. The third-order valence-corrected chi connectivity index (χ3v) is 4.07. The molecule has 0 bridgehead atoms. The molecule has 0 aromatic rings. The highest BCUT2D eigenvalue weighted by atomic mass is 16.5. The molecule has 1 spiro atoms. The van der Waals surface area contributed by atoms with Crippen LogP contribution in [0.4, 0.5) is 0 Å². The van der Waals surface area contributed by atoms with Gasteiger partial charge in [0.1, 0.15) is 0 Å². The largest absolute Gasteiger partial charge is 0.372 e. The van der Waals surface area contributed by atoms with E-state index in [0.717, 1.165) is 12.5 Å². The van der Waals surface area contributed by atoms with Gasteiger partial charge >= 0.3 is 0 Å². The Morgan fingerprint density at radius 3 is 2.73 bits per heavy atom. The van der Waals surface area contributed by atoms with Crippen LogP contribution in [-0.4, -0.2) is 25.3 Å². The van der Waals surface area contributed by atoms with Gasteiger partial charge in [0.25, 0.3) is 0 Å². The molecular formula is C13H25NO. The maximum Gasteiger partial charge on any atom is 0.0687 e. The van der Waals surface area contributed by atoms with E-state index in [1.54, 1.807) is 0 Å². The van der Waals surface area contributed by atoms with Crippen molar-refractivity contribution >= 4 is 0 Å². The standard InChI is InChI=1S/C13H25NO/c1-11(10-14-2)9-12-5-8-13(15-12)6-3-4-7-13/h11-12,14H,3-10H2,1-2H3. The maximum absolute atomic E-state index is 6.30. The van der Waals surface area contributed by atoms with Gasteiger partial charge in [-0.2, -0.15) is 0 Å². The van der Waals surface area contributed by atoms with Gasteiger partial charge in [0.2, 0.25) is 0 Å². The molecule has 0 amide bonds. The molecule has 2 fully saturated rings. The summed E-state index contributed by atoms with van der Waals surface area (Å²) in [4.78, 5) is 0. The second-order valence-corrected chi connectivity index (χ2v) is 5.57. The van der Waals surface area contributed by atoms with Gasteiger partial charge < -0.3 is 10.1 Å². The van der Waals surface area contributed by atoms with Crippen molar-refractivity contribution in [3.63, 3.8) is 0 Å². The van der Waals surface area contributed by atoms with E-state index in [2.05, 4.69) is 12.2 Å². The first-order chi connectivity index (χ1) is 7.24. The second kappa shape index (κ2) is 4.84. The zero-order chi connectivity index (χ0) is 10.7. The molecule has 0 aromatic heterocycles. The van der Waals surface area contributed by atoms with Crippen molar-refractivity contribution in [3.05, 3.63) is 0 Å². The summed E-state index contributed by atoms with van der Waals surface area (Å²) in [5.41, 5.74) is 0.323. The quantitative estimate of drug-likeness (QED) is 0.772. The number of hydrogen-bond acceptors (Lipinski definition) is 2. The highest BCUT2D eigenvalue weighted by Gasteiger charge is 2.42. The molecule has 1 saturated heterocycles. The third kappa shape index (κ3) is 2.73. The van der Waals surface area contributed by atoms with E-state index in [1.807, 2.05) is 7.05 Å². The minimum atomic E-state index is 0.323. The van der Waals surface area contributed by atoms with Crippen molar-refractivity contribution in [3.8, 4) is 0 Å². The fraction of sp³-hybridized carbons (Fsp3) is 1.00. The van der Waals surface area contributed by atoms with Gasteiger partial charge in [-0.1, -0.05) is 19.8 Å². The fourth-order valence-electron chi connectivity index (χ4n) is 3.33. The molecule has 1 heterocycles. The molecule has 0 aromatic carbocycles. The van der Waals surface area contributed by atoms with Crippen molar-refractivity contribution in [1.82, 2.24) is 5.32 Å². The lowest BCUT2D eigenvalue weighted by atomic mass is 9.96. The highest BCUT2D eigenvalue weighted by molar-refractivity contribution is 4.93. The summed E-state index contributed by atoms with van der Waals surface area (Å²) in [7, 11) is 2.03. The molecule has 2 rings (SSSR count). The van der Waals surface area contributed by atoms with Crippen LogP contribution in [-0.2, 0) is 4.74 Å². The summed E-state index contributed by atoms with van der Waals surface area (Å²) in [6.07, 6.45) is 9.83. The Morgan fingerprint density at radius 2 is 2.07 bits per heavy atom. The van der Waals surface area contributed by atoms with Crippen LogP contribution in [0, 0.1) is 5.92 Å². The van der Waals surface area contributed by atoms with Crippen LogP contribution in [0.1, 0.15) is 51.9 Å². The predicted octanol–water partition coefficient (Wildman–Crippen LogP) is 2.72. The molecule has 1 aliphatic carbocycles. The van der Waals surface area contributed by atoms with Gasteiger partial charge in [-0.3, -0.25) is 0 Å². The van der Waals surface area contributed by atoms with Gasteiger partial charge in [-0.15, -0.1) is 0 Å². The molecule has 1 N–H and O–H groups in total. The number of ether oxygens (including phenoxy) is 1. The lowest BCUT2D eigenvalue weighted by Crippen LogP contribution is -2.27. The van der Waals surface area contributed by atoms with Crippen LogP contribution in [0.15, 0.2) is 0 Å². The van der Waals surface area contributed by atoms with Crippen LogP contribution in [0.3, 0.4) is 0 Å². The number of nitrogens with one attached hydrogen (secondary N) is 1. The monoisotopic (exact) mass is 211 g/mol. The van der Waals surface area contributed by atoms with Crippen LogP contribution in [0.25, 0.3) is 0 Å². The fourth-order valence-corrected chi connectivity index (χ4v) is 3.33. The Labute approximate surface area is 93.8 Å². The van der Waals surface area contributed by atoms with Gasteiger partial charge in [0, 0.05) is 0 Å². The molecule has 1 aliphatic heterocycles. The van der Waals surface area contributed by atoms with Crippen molar-refractivity contribution in [2.45, 2.75) is 63.6 Å². The summed E-state index contributed by atoms with van der Waals surface area (Å²) >= 11 is 0.